The van der Waals surface area contributed by atoms with Crippen molar-refractivity contribution in [3.05, 3.63) is 69.2 Å². The van der Waals surface area contributed by atoms with Gasteiger partial charge in [-0.05, 0) is 45.8 Å². The first-order valence-electron chi connectivity index (χ1n) is 7.01. The van der Waals surface area contributed by atoms with E-state index in [1.807, 2.05) is 12.1 Å². The van der Waals surface area contributed by atoms with E-state index in [-0.39, 0.29) is 18.0 Å². The molecule has 0 bridgehead atoms. The normalized spacial score (nSPS) is 12.8. The number of benzene rings is 2. The summed E-state index contributed by atoms with van der Waals surface area (Å²) in [5.74, 6) is -1.57. The zero-order valence-electron chi connectivity index (χ0n) is 12.6. The third kappa shape index (κ3) is 2.90. The van der Waals surface area contributed by atoms with Gasteiger partial charge in [-0.25, -0.2) is 9.59 Å². The number of halogens is 1. The predicted molar refractivity (Wildman–Crippen MR) is 87.2 cm³/mol. The predicted octanol–water partition coefficient (Wildman–Crippen LogP) is 2.96. The molecule has 1 heterocycles. The van der Waals surface area contributed by atoms with Gasteiger partial charge in [-0.2, -0.15) is 5.06 Å². The second kappa shape index (κ2) is 6.45. The number of nitrogens with zero attached hydrogens (tertiary/aromatic N) is 1. The van der Waals surface area contributed by atoms with E-state index in [9.17, 15) is 14.4 Å². The SMILES string of the molecule is COC(=O)c1ccc(C(=O)ON2Cc3ccccc3C2=O)cc1Br. The molecule has 0 fully saturated rings. The van der Waals surface area contributed by atoms with Crippen molar-refractivity contribution in [2.75, 3.05) is 7.11 Å². The van der Waals surface area contributed by atoms with E-state index in [2.05, 4.69) is 20.7 Å². The second-order valence-electron chi connectivity index (χ2n) is 5.06. The Morgan fingerprint density at radius 2 is 1.88 bits per heavy atom. The molecule has 0 atom stereocenters. The number of carbonyl (C=O) groups excluding carboxylic acids is 3. The lowest BCUT2D eigenvalue weighted by molar-refractivity contribution is -0.0818. The molecule has 2 aromatic carbocycles. The number of ether oxygens (including phenoxy) is 1. The Hall–Kier alpha value is -2.67. The van der Waals surface area contributed by atoms with E-state index in [4.69, 9.17) is 4.84 Å². The lowest BCUT2D eigenvalue weighted by Crippen LogP contribution is -2.27. The molecule has 2 aromatic rings. The Labute approximate surface area is 146 Å². The van der Waals surface area contributed by atoms with Crippen molar-refractivity contribution >= 4 is 33.8 Å². The first-order valence-corrected chi connectivity index (χ1v) is 7.80. The highest BCUT2D eigenvalue weighted by Crippen LogP contribution is 2.24. The summed E-state index contributed by atoms with van der Waals surface area (Å²) in [5, 5.41) is 1.02. The van der Waals surface area contributed by atoms with Crippen LogP contribution in [0.2, 0.25) is 0 Å². The zero-order valence-corrected chi connectivity index (χ0v) is 14.2. The van der Waals surface area contributed by atoms with E-state index in [1.54, 1.807) is 12.1 Å². The van der Waals surface area contributed by atoms with Crippen molar-refractivity contribution < 1.29 is 24.0 Å². The summed E-state index contributed by atoms with van der Waals surface area (Å²) < 4.78 is 5.04. The van der Waals surface area contributed by atoms with Gasteiger partial charge in [0.2, 0.25) is 0 Å². The average molecular weight is 390 g/mol. The van der Waals surface area contributed by atoms with Crippen molar-refractivity contribution in [3.8, 4) is 0 Å². The summed E-state index contributed by atoms with van der Waals surface area (Å²) in [4.78, 5) is 41.2. The number of amides is 1. The van der Waals surface area contributed by atoms with E-state index in [1.165, 1.54) is 25.3 Å². The van der Waals surface area contributed by atoms with Gasteiger partial charge in [-0.15, -0.1) is 0 Å². The summed E-state index contributed by atoms with van der Waals surface area (Å²) in [6.45, 7) is 0.210. The largest absolute Gasteiger partial charge is 0.465 e. The quantitative estimate of drug-likeness (QED) is 0.754. The summed E-state index contributed by atoms with van der Waals surface area (Å²) in [7, 11) is 1.27. The number of hydroxylamine groups is 2. The highest BCUT2D eigenvalue weighted by atomic mass is 79.9. The van der Waals surface area contributed by atoms with Crippen molar-refractivity contribution in [2.24, 2.45) is 0 Å². The molecule has 122 valence electrons. The number of carbonyl (C=O) groups is 3. The smallest absolute Gasteiger partial charge is 0.363 e. The monoisotopic (exact) mass is 389 g/mol. The molecule has 0 aromatic heterocycles. The number of methoxy groups -OCH3 is 1. The standard InChI is InChI=1S/C17H12BrNO5/c1-23-17(22)13-7-6-10(8-14(13)18)16(21)24-19-9-11-4-2-3-5-12(11)15(19)20/h2-8H,9H2,1H3. The van der Waals surface area contributed by atoms with Crippen LogP contribution in [0.3, 0.4) is 0 Å². The first kappa shape index (κ1) is 16.2. The summed E-state index contributed by atoms with van der Waals surface area (Å²) in [6.07, 6.45) is 0. The molecule has 0 saturated heterocycles. The topological polar surface area (TPSA) is 72.9 Å². The van der Waals surface area contributed by atoms with Gasteiger partial charge in [0.05, 0.1) is 24.8 Å². The molecule has 0 saturated carbocycles. The van der Waals surface area contributed by atoms with Crippen LogP contribution >= 0.6 is 15.9 Å². The van der Waals surface area contributed by atoms with Gasteiger partial charge in [-0.1, -0.05) is 18.2 Å². The third-order valence-electron chi connectivity index (χ3n) is 3.59. The van der Waals surface area contributed by atoms with Crippen molar-refractivity contribution in [1.29, 1.82) is 0 Å². The summed E-state index contributed by atoms with van der Waals surface area (Å²) in [6, 6.07) is 11.4. The molecular weight excluding hydrogens is 378 g/mol. The number of esters is 1. The maximum atomic E-state index is 12.2. The highest BCUT2D eigenvalue weighted by molar-refractivity contribution is 9.10. The number of hydrogen-bond donors (Lipinski definition) is 0. The van der Waals surface area contributed by atoms with E-state index in [0.29, 0.717) is 15.6 Å². The van der Waals surface area contributed by atoms with Gasteiger partial charge in [0.1, 0.15) is 0 Å². The van der Waals surface area contributed by atoms with Crippen LogP contribution in [0.15, 0.2) is 46.9 Å². The fourth-order valence-corrected chi connectivity index (χ4v) is 2.91. The molecule has 0 N–H and O–H groups in total. The Kier molecular flexibility index (Phi) is 4.35. The number of fused-ring (bicyclic) bond motifs is 1. The fraction of sp³-hybridized carbons (Fsp3) is 0.118. The van der Waals surface area contributed by atoms with Crippen LogP contribution in [0, 0.1) is 0 Å². The van der Waals surface area contributed by atoms with Gasteiger partial charge in [-0.3, -0.25) is 4.79 Å². The Morgan fingerprint density at radius 3 is 2.54 bits per heavy atom. The molecule has 6 nitrogen and oxygen atoms in total. The van der Waals surface area contributed by atoms with Gasteiger partial charge in [0.15, 0.2) is 0 Å². The van der Waals surface area contributed by atoms with Crippen LogP contribution in [-0.4, -0.2) is 30.0 Å². The van der Waals surface area contributed by atoms with Gasteiger partial charge in [0.25, 0.3) is 5.91 Å². The molecule has 0 spiro atoms. The molecule has 0 aliphatic carbocycles. The molecule has 24 heavy (non-hydrogen) atoms. The first-order chi connectivity index (χ1) is 11.5. The third-order valence-corrected chi connectivity index (χ3v) is 4.25. The maximum absolute atomic E-state index is 12.2. The van der Waals surface area contributed by atoms with E-state index >= 15 is 0 Å². The lowest BCUT2D eigenvalue weighted by atomic mass is 10.1. The molecule has 0 unspecified atom stereocenters. The van der Waals surface area contributed by atoms with Gasteiger partial charge >= 0.3 is 11.9 Å². The van der Waals surface area contributed by atoms with Gasteiger partial charge in [0, 0.05) is 10.0 Å². The van der Waals surface area contributed by atoms with Crippen molar-refractivity contribution in [1.82, 2.24) is 5.06 Å². The second-order valence-corrected chi connectivity index (χ2v) is 5.92. The number of hydrogen-bond acceptors (Lipinski definition) is 5. The van der Waals surface area contributed by atoms with Crippen LogP contribution in [0.25, 0.3) is 0 Å². The van der Waals surface area contributed by atoms with Gasteiger partial charge < -0.3 is 9.57 Å². The fourth-order valence-electron chi connectivity index (χ4n) is 2.37. The summed E-state index contributed by atoms with van der Waals surface area (Å²) >= 11 is 3.22. The molecule has 7 heteroatoms. The van der Waals surface area contributed by atoms with Crippen molar-refractivity contribution in [2.45, 2.75) is 6.54 Å². The maximum Gasteiger partial charge on any atom is 0.363 e. The molecular formula is C17H12BrNO5. The average Bonchev–Trinajstić information content (AvgIpc) is 2.90. The van der Waals surface area contributed by atoms with Crippen LogP contribution in [0.5, 0.6) is 0 Å². The minimum atomic E-state index is -0.687. The summed E-state index contributed by atoms with van der Waals surface area (Å²) in [5.41, 5.74) is 1.82. The minimum absolute atomic E-state index is 0.207. The van der Waals surface area contributed by atoms with Crippen LogP contribution in [0.4, 0.5) is 0 Å². The lowest BCUT2D eigenvalue weighted by Gasteiger charge is -2.15. The van der Waals surface area contributed by atoms with Crippen LogP contribution < -0.4 is 0 Å². The zero-order chi connectivity index (χ0) is 17.3. The van der Waals surface area contributed by atoms with Crippen LogP contribution in [-0.2, 0) is 16.1 Å². The number of rotatable bonds is 3. The van der Waals surface area contributed by atoms with E-state index < -0.39 is 11.9 Å². The Morgan fingerprint density at radius 1 is 1.12 bits per heavy atom. The van der Waals surface area contributed by atoms with Crippen molar-refractivity contribution in [3.63, 3.8) is 0 Å². The van der Waals surface area contributed by atoms with E-state index in [0.717, 1.165) is 10.6 Å². The molecule has 1 aliphatic heterocycles. The molecule has 1 aliphatic rings. The molecule has 3 rings (SSSR count). The van der Waals surface area contributed by atoms with Crippen LogP contribution in [0.1, 0.15) is 36.6 Å². The molecule has 0 radical (unpaired) electrons. The molecule has 1 amide bonds. The Balaban J connectivity index is 1.76. The Bertz CT molecular complexity index is 849. The minimum Gasteiger partial charge on any atom is -0.465 e. The highest BCUT2D eigenvalue weighted by Gasteiger charge is 2.30.